The third kappa shape index (κ3) is 6.05. The van der Waals surface area contributed by atoms with Crippen LogP contribution in [0.4, 0.5) is 4.39 Å². The van der Waals surface area contributed by atoms with Gasteiger partial charge in [-0.15, -0.1) is 0 Å². The van der Waals surface area contributed by atoms with Crippen LogP contribution in [-0.2, 0) is 6.42 Å². The first-order valence-corrected chi connectivity index (χ1v) is 7.84. The molecule has 0 aliphatic carbocycles. The molecule has 1 aromatic carbocycles. The summed E-state index contributed by atoms with van der Waals surface area (Å²) in [5, 5.41) is 3.47. The summed E-state index contributed by atoms with van der Waals surface area (Å²) in [5.74, 6) is 1.57. The van der Waals surface area contributed by atoms with E-state index in [9.17, 15) is 4.39 Å². The van der Waals surface area contributed by atoms with Crippen LogP contribution in [0.1, 0.15) is 33.3 Å². The zero-order chi connectivity index (χ0) is 14.4. The van der Waals surface area contributed by atoms with E-state index in [1.165, 1.54) is 6.07 Å². The molecular weight excluding hydrogens is 305 g/mol. The van der Waals surface area contributed by atoms with Crippen LogP contribution in [0.3, 0.4) is 0 Å². The second-order valence-electron chi connectivity index (χ2n) is 5.95. The van der Waals surface area contributed by atoms with Gasteiger partial charge in [0.1, 0.15) is 5.82 Å². The Hall–Kier alpha value is -0.410. The van der Waals surface area contributed by atoms with Gasteiger partial charge >= 0.3 is 0 Å². The Morgan fingerprint density at radius 3 is 2.42 bits per heavy atom. The third-order valence-electron chi connectivity index (χ3n) is 3.54. The van der Waals surface area contributed by atoms with Crippen LogP contribution in [0.2, 0.25) is 0 Å². The van der Waals surface area contributed by atoms with Crippen molar-refractivity contribution in [2.75, 3.05) is 13.1 Å². The van der Waals surface area contributed by atoms with Crippen LogP contribution < -0.4 is 5.32 Å². The highest BCUT2D eigenvalue weighted by Gasteiger charge is 2.15. The monoisotopic (exact) mass is 329 g/mol. The zero-order valence-corrected chi connectivity index (χ0v) is 13.9. The Bertz CT molecular complexity index is 392. The lowest BCUT2D eigenvalue weighted by Crippen LogP contribution is -2.29. The maximum Gasteiger partial charge on any atom is 0.126 e. The van der Waals surface area contributed by atoms with Gasteiger partial charge in [0.05, 0.1) is 0 Å². The molecule has 0 aromatic heterocycles. The van der Waals surface area contributed by atoms with Crippen LogP contribution in [0.25, 0.3) is 0 Å². The maximum atomic E-state index is 13.7. The van der Waals surface area contributed by atoms with Gasteiger partial charge in [0.15, 0.2) is 0 Å². The SMILES string of the molecule is CC(C)CNCC(C)C(C)Cc1cc(Br)ccc1F. The van der Waals surface area contributed by atoms with Crippen LogP contribution in [-0.4, -0.2) is 13.1 Å². The largest absolute Gasteiger partial charge is 0.316 e. The van der Waals surface area contributed by atoms with Crippen molar-refractivity contribution in [3.05, 3.63) is 34.1 Å². The van der Waals surface area contributed by atoms with Crippen LogP contribution in [0, 0.1) is 23.6 Å². The van der Waals surface area contributed by atoms with E-state index in [1.54, 1.807) is 6.07 Å². The van der Waals surface area contributed by atoms with E-state index in [-0.39, 0.29) is 5.82 Å². The van der Waals surface area contributed by atoms with Gasteiger partial charge in [-0.2, -0.15) is 0 Å². The van der Waals surface area contributed by atoms with Gasteiger partial charge in [0.25, 0.3) is 0 Å². The first-order valence-electron chi connectivity index (χ1n) is 7.04. The Labute approximate surface area is 125 Å². The molecule has 0 bridgehead atoms. The average Bonchev–Trinajstić information content (AvgIpc) is 2.33. The summed E-state index contributed by atoms with van der Waals surface area (Å²) in [6.45, 7) is 10.9. The van der Waals surface area contributed by atoms with Crippen molar-refractivity contribution in [2.24, 2.45) is 17.8 Å². The number of nitrogens with one attached hydrogen (secondary N) is 1. The van der Waals surface area contributed by atoms with Crippen LogP contribution in [0.5, 0.6) is 0 Å². The minimum atomic E-state index is -0.0996. The zero-order valence-electron chi connectivity index (χ0n) is 12.3. The fraction of sp³-hybridized carbons (Fsp3) is 0.625. The summed E-state index contributed by atoms with van der Waals surface area (Å²) >= 11 is 3.40. The Kier molecular flexibility index (Phi) is 7.01. The van der Waals surface area contributed by atoms with Crippen molar-refractivity contribution in [2.45, 2.75) is 34.1 Å². The van der Waals surface area contributed by atoms with E-state index in [2.05, 4.69) is 48.9 Å². The molecule has 1 nitrogen and oxygen atoms in total. The molecule has 0 fully saturated rings. The molecule has 0 saturated heterocycles. The summed E-state index contributed by atoms with van der Waals surface area (Å²) in [6.07, 6.45) is 0.787. The number of hydrogen-bond acceptors (Lipinski definition) is 1. The highest BCUT2D eigenvalue weighted by Crippen LogP contribution is 2.22. The fourth-order valence-corrected chi connectivity index (χ4v) is 2.46. The minimum absolute atomic E-state index is 0.0996. The Morgan fingerprint density at radius 2 is 1.79 bits per heavy atom. The summed E-state index contributed by atoms with van der Waals surface area (Å²) in [7, 11) is 0. The lowest BCUT2D eigenvalue weighted by Gasteiger charge is -2.21. The molecule has 0 spiro atoms. The number of halogens is 2. The highest BCUT2D eigenvalue weighted by atomic mass is 79.9. The molecule has 0 radical (unpaired) electrons. The highest BCUT2D eigenvalue weighted by molar-refractivity contribution is 9.10. The first kappa shape index (κ1) is 16.6. The van der Waals surface area contributed by atoms with E-state index in [1.807, 2.05) is 6.07 Å². The Morgan fingerprint density at radius 1 is 1.11 bits per heavy atom. The van der Waals surface area contributed by atoms with Gasteiger partial charge in [-0.05, 0) is 61.0 Å². The van der Waals surface area contributed by atoms with E-state index in [0.29, 0.717) is 17.8 Å². The van der Waals surface area contributed by atoms with Crippen molar-refractivity contribution < 1.29 is 4.39 Å². The topological polar surface area (TPSA) is 12.0 Å². The maximum absolute atomic E-state index is 13.7. The average molecular weight is 330 g/mol. The standard InChI is InChI=1S/C16H25BrFN/c1-11(2)9-19-10-13(4)12(3)7-14-8-15(17)5-6-16(14)18/h5-6,8,11-13,19H,7,9-10H2,1-4H3. The summed E-state index contributed by atoms with van der Waals surface area (Å²) in [4.78, 5) is 0. The van der Waals surface area contributed by atoms with Gasteiger partial charge in [0.2, 0.25) is 0 Å². The van der Waals surface area contributed by atoms with E-state index in [0.717, 1.165) is 29.5 Å². The lowest BCUT2D eigenvalue weighted by molar-refractivity contribution is 0.354. The molecule has 0 aliphatic rings. The number of benzene rings is 1. The van der Waals surface area contributed by atoms with Gasteiger partial charge < -0.3 is 5.32 Å². The summed E-state index contributed by atoms with van der Waals surface area (Å²) < 4.78 is 14.7. The van der Waals surface area contributed by atoms with Gasteiger partial charge in [0, 0.05) is 4.47 Å². The van der Waals surface area contributed by atoms with E-state index >= 15 is 0 Å². The predicted molar refractivity (Wildman–Crippen MR) is 83.8 cm³/mol. The lowest BCUT2D eigenvalue weighted by atomic mass is 9.89. The fourth-order valence-electron chi connectivity index (χ4n) is 2.05. The van der Waals surface area contributed by atoms with Crippen molar-refractivity contribution in [3.8, 4) is 0 Å². The van der Waals surface area contributed by atoms with Gasteiger partial charge in [-0.25, -0.2) is 4.39 Å². The summed E-state index contributed by atoms with van der Waals surface area (Å²) in [5.41, 5.74) is 0.803. The molecule has 2 unspecified atom stereocenters. The molecule has 0 heterocycles. The van der Waals surface area contributed by atoms with Crippen molar-refractivity contribution in [1.29, 1.82) is 0 Å². The number of hydrogen-bond donors (Lipinski definition) is 1. The molecular formula is C16H25BrFN. The molecule has 1 rings (SSSR count). The molecule has 3 heteroatoms. The van der Waals surface area contributed by atoms with Crippen molar-refractivity contribution in [3.63, 3.8) is 0 Å². The van der Waals surface area contributed by atoms with Crippen LogP contribution >= 0.6 is 15.9 Å². The molecule has 108 valence electrons. The molecule has 0 aliphatic heterocycles. The van der Waals surface area contributed by atoms with Gasteiger partial charge in [-0.1, -0.05) is 43.6 Å². The van der Waals surface area contributed by atoms with E-state index in [4.69, 9.17) is 0 Å². The van der Waals surface area contributed by atoms with Crippen molar-refractivity contribution >= 4 is 15.9 Å². The molecule has 0 amide bonds. The minimum Gasteiger partial charge on any atom is -0.316 e. The Balaban J connectivity index is 2.49. The predicted octanol–water partition coefficient (Wildman–Crippen LogP) is 4.65. The van der Waals surface area contributed by atoms with Gasteiger partial charge in [-0.3, -0.25) is 0 Å². The molecule has 19 heavy (non-hydrogen) atoms. The normalized spacial score (nSPS) is 14.7. The smallest absolute Gasteiger partial charge is 0.126 e. The first-order chi connectivity index (χ1) is 8.90. The van der Waals surface area contributed by atoms with Crippen LogP contribution in [0.15, 0.2) is 22.7 Å². The van der Waals surface area contributed by atoms with E-state index < -0.39 is 0 Å². The number of rotatable bonds is 7. The quantitative estimate of drug-likeness (QED) is 0.767. The summed E-state index contributed by atoms with van der Waals surface area (Å²) in [6, 6.07) is 5.17. The molecule has 0 saturated carbocycles. The van der Waals surface area contributed by atoms with Crippen molar-refractivity contribution in [1.82, 2.24) is 5.32 Å². The molecule has 1 N–H and O–H groups in total. The second-order valence-corrected chi connectivity index (χ2v) is 6.86. The third-order valence-corrected chi connectivity index (χ3v) is 4.03. The second kappa shape index (κ2) is 8.01. The molecule has 2 atom stereocenters. The molecule has 1 aromatic rings.